The first-order valence-electron chi connectivity index (χ1n) is 3.12. The van der Waals surface area contributed by atoms with E-state index in [2.05, 4.69) is 34.7 Å². The molecule has 0 spiro atoms. The molecule has 0 radical (unpaired) electrons. The van der Waals surface area contributed by atoms with E-state index in [1.54, 1.807) is 6.07 Å². The SMILES string of the molecule is Nc1nnc(Cl)cc1C#CCS. The number of nitrogens with two attached hydrogens (primary N) is 1. The highest BCUT2D eigenvalue weighted by molar-refractivity contribution is 7.80. The Bertz CT molecular complexity index is 342. The molecule has 0 atom stereocenters. The maximum Gasteiger partial charge on any atom is 0.162 e. The lowest BCUT2D eigenvalue weighted by atomic mass is 10.3. The van der Waals surface area contributed by atoms with E-state index in [1.165, 1.54) is 0 Å². The standard InChI is InChI=1S/C7H6ClN3S/c8-6-4-5(2-1-3-12)7(9)11-10-6/h4,12H,3H2,(H2,9,11). The first-order chi connectivity index (χ1) is 5.74. The molecule has 5 heteroatoms. The number of nitrogen functional groups attached to an aromatic ring is 1. The third-order valence-corrected chi connectivity index (χ3v) is 1.44. The fourth-order valence-electron chi connectivity index (χ4n) is 0.612. The van der Waals surface area contributed by atoms with Gasteiger partial charge in [0.2, 0.25) is 0 Å². The van der Waals surface area contributed by atoms with Gasteiger partial charge in [-0.1, -0.05) is 23.4 Å². The molecule has 1 aromatic rings. The zero-order valence-corrected chi connectivity index (χ0v) is 7.73. The Kier molecular flexibility index (Phi) is 3.20. The van der Waals surface area contributed by atoms with Gasteiger partial charge in [-0.3, -0.25) is 0 Å². The Balaban J connectivity index is 3.05. The molecule has 0 saturated heterocycles. The van der Waals surface area contributed by atoms with Gasteiger partial charge in [0.1, 0.15) is 0 Å². The van der Waals surface area contributed by atoms with Crippen LogP contribution in [0.3, 0.4) is 0 Å². The number of thiol groups is 1. The van der Waals surface area contributed by atoms with Crippen LogP contribution in [0.5, 0.6) is 0 Å². The van der Waals surface area contributed by atoms with Gasteiger partial charge < -0.3 is 5.73 Å². The second-order valence-electron chi connectivity index (χ2n) is 1.93. The monoisotopic (exact) mass is 199 g/mol. The van der Waals surface area contributed by atoms with Crippen LogP contribution >= 0.6 is 24.2 Å². The first kappa shape index (κ1) is 9.17. The fraction of sp³-hybridized carbons (Fsp3) is 0.143. The van der Waals surface area contributed by atoms with E-state index in [-0.39, 0.29) is 11.0 Å². The molecule has 0 bridgehead atoms. The largest absolute Gasteiger partial charge is 0.381 e. The number of anilines is 1. The third kappa shape index (κ3) is 2.29. The fourth-order valence-corrected chi connectivity index (χ4v) is 0.838. The summed E-state index contributed by atoms with van der Waals surface area (Å²) in [6.45, 7) is 0. The molecular formula is C7H6ClN3S. The van der Waals surface area contributed by atoms with Crippen molar-refractivity contribution in [2.24, 2.45) is 0 Å². The molecule has 0 fully saturated rings. The Labute approximate surface area is 80.7 Å². The quantitative estimate of drug-likeness (QED) is 0.484. The molecule has 0 unspecified atom stereocenters. The smallest absolute Gasteiger partial charge is 0.162 e. The highest BCUT2D eigenvalue weighted by atomic mass is 35.5. The summed E-state index contributed by atoms with van der Waals surface area (Å²) >= 11 is 9.51. The van der Waals surface area contributed by atoms with Crippen molar-refractivity contribution in [1.82, 2.24) is 10.2 Å². The molecule has 0 aromatic carbocycles. The van der Waals surface area contributed by atoms with Crippen LogP contribution in [-0.4, -0.2) is 16.0 Å². The molecule has 0 aliphatic heterocycles. The molecule has 2 N–H and O–H groups in total. The summed E-state index contributed by atoms with van der Waals surface area (Å²) in [7, 11) is 0. The zero-order valence-electron chi connectivity index (χ0n) is 6.08. The van der Waals surface area contributed by atoms with E-state index in [4.69, 9.17) is 17.3 Å². The maximum absolute atomic E-state index is 5.58. The molecule has 62 valence electrons. The molecule has 0 saturated carbocycles. The summed E-state index contributed by atoms with van der Waals surface area (Å²) in [6.07, 6.45) is 0. The van der Waals surface area contributed by atoms with Crippen molar-refractivity contribution in [2.75, 3.05) is 11.5 Å². The van der Waals surface area contributed by atoms with Crippen molar-refractivity contribution in [2.45, 2.75) is 0 Å². The normalized spacial score (nSPS) is 8.83. The molecule has 1 heterocycles. The van der Waals surface area contributed by atoms with Crippen LogP contribution in [0.15, 0.2) is 6.07 Å². The molecule has 1 aromatic heterocycles. The molecule has 3 nitrogen and oxygen atoms in total. The Hall–Kier alpha value is -0.920. The topological polar surface area (TPSA) is 51.8 Å². The van der Waals surface area contributed by atoms with Crippen LogP contribution in [-0.2, 0) is 0 Å². The van der Waals surface area contributed by atoms with Crippen molar-refractivity contribution >= 4 is 30.0 Å². The van der Waals surface area contributed by atoms with Gasteiger partial charge >= 0.3 is 0 Å². The lowest BCUT2D eigenvalue weighted by molar-refractivity contribution is 1.04. The summed E-state index contributed by atoms with van der Waals surface area (Å²) in [4.78, 5) is 0. The number of halogens is 1. The van der Waals surface area contributed by atoms with Gasteiger partial charge in [0.25, 0.3) is 0 Å². The Morgan fingerprint density at radius 3 is 3.00 bits per heavy atom. The van der Waals surface area contributed by atoms with Crippen molar-refractivity contribution in [1.29, 1.82) is 0 Å². The van der Waals surface area contributed by atoms with Crippen LogP contribution in [0.1, 0.15) is 5.56 Å². The number of nitrogens with zero attached hydrogens (tertiary/aromatic N) is 2. The van der Waals surface area contributed by atoms with E-state index in [9.17, 15) is 0 Å². The summed E-state index contributed by atoms with van der Waals surface area (Å²) < 4.78 is 0. The van der Waals surface area contributed by atoms with E-state index in [0.717, 1.165) is 0 Å². The minimum absolute atomic E-state index is 0.285. The second-order valence-corrected chi connectivity index (χ2v) is 2.63. The van der Waals surface area contributed by atoms with Crippen molar-refractivity contribution in [3.8, 4) is 11.8 Å². The minimum atomic E-state index is 0.285. The summed E-state index contributed by atoms with van der Waals surface area (Å²) in [5, 5.41) is 7.44. The average molecular weight is 200 g/mol. The van der Waals surface area contributed by atoms with Crippen LogP contribution in [0.4, 0.5) is 5.82 Å². The van der Waals surface area contributed by atoms with Gasteiger partial charge in [-0.05, 0) is 6.07 Å². The van der Waals surface area contributed by atoms with Gasteiger partial charge in [-0.15, -0.1) is 10.2 Å². The zero-order chi connectivity index (χ0) is 8.97. The Morgan fingerprint density at radius 1 is 1.58 bits per heavy atom. The van der Waals surface area contributed by atoms with E-state index in [1.807, 2.05) is 0 Å². The van der Waals surface area contributed by atoms with Crippen LogP contribution in [0.2, 0.25) is 5.15 Å². The number of aromatic nitrogens is 2. The lowest BCUT2D eigenvalue weighted by Crippen LogP contribution is -1.96. The number of rotatable bonds is 0. The van der Waals surface area contributed by atoms with E-state index in [0.29, 0.717) is 11.3 Å². The third-order valence-electron chi connectivity index (χ3n) is 1.09. The predicted octanol–water partition coefficient (Wildman–Crippen LogP) is 0.993. The van der Waals surface area contributed by atoms with Gasteiger partial charge in [0.15, 0.2) is 11.0 Å². The molecular weight excluding hydrogens is 194 g/mol. The van der Waals surface area contributed by atoms with Gasteiger partial charge in [0, 0.05) is 0 Å². The van der Waals surface area contributed by atoms with E-state index < -0.39 is 0 Å². The summed E-state index contributed by atoms with van der Waals surface area (Å²) in [5.74, 6) is 6.26. The second kappa shape index (κ2) is 4.19. The molecule has 12 heavy (non-hydrogen) atoms. The molecule has 0 amide bonds. The summed E-state index contributed by atoms with van der Waals surface area (Å²) in [6, 6.07) is 1.57. The maximum atomic E-state index is 5.58. The predicted molar refractivity (Wildman–Crippen MR) is 52.2 cm³/mol. The van der Waals surface area contributed by atoms with Crippen molar-refractivity contribution < 1.29 is 0 Å². The number of hydrogen-bond acceptors (Lipinski definition) is 4. The lowest BCUT2D eigenvalue weighted by Gasteiger charge is -1.94. The highest BCUT2D eigenvalue weighted by Crippen LogP contribution is 2.10. The van der Waals surface area contributed by atoms with Crippen LogP contribution < -0.4 is 5.73 Å². The summed E-state index contributed by atoms with van der Waals surface area (Å²) in [5.41, 5.74) is 6.06. The van der Waals surface area contributed by atoms with Crippen molar-refractivity contribution in [3.63, 3.8) is 0 Å². The van der Waals surface area contributed by atoms with E-state index >= 15 is 0 Å². The van der Waals surface area contributed by atoms with Gasteiger partial charge in [0.05, 0.1) is 11.3 Å². The Morgan fingerprint density at radius 2 is 2.33 bits per heavy atom. The molecule has 0 aliphatic rings. The average Bonchev–Trinajstić information content (AvgIpc) is 2.07. The van der Waals surface area contributed by atoms with Gasteiger partial charge in [-0.2, -0.15) is 12.6 Å². The van der Waals surface area contributed by atoms with Crippen LogP contribution in [0.25, 0.3) is 0 Å². The molecule has 0 aliphatic carbocycles. The first-order valence-corrected chi connectivity index (χ1v) is 4.13. The number of hydrogen-bond donors (Lipinski definition) is 2. The van der Waals surface area contributed by atoms with Crippen LogP contribution in [0, 0.1) is 11.8 Å². The van der Waals surface area contributed by atoms with Gasteiger partial charge in [-0.25, -0.2) is 0 Å². The minimum Gasteiger partial charge on any atom is -0.381 e. The highest BCUT2D eigenvalue weighted by Gasteiger charge is 1.98. The molecule has 1 rings (SSSR count). The van der Waals surface area contributed by atoms with Crippen molar-refractivity contribution in [3.05, 3.63) is 16.8 Å².